The van der Waals surface area contributed by atoms with Gasteiger partial charge in [-0.05, 0) is 49.7 Å². The molecule has 0 radical (unpaired) electrons. The molecular formula is C22H21BrN2O4. The minimum absolute atomic E-state index is 0.0379. The number of hydrogen-bond donors (Lipinski definition) is 1. The molecule has 2 amide bonds. The van der Waals surface area contributed by atoms with E-state index in [1.807, 2.05) is 25.1 Å². The Labute approximate surface area is 176 Å². The number of hydrogen-bond acceptors (Lipinski definition) is 4. The predicted molar refractivity (Wildman–Crippen MR) is 116 cm³/mol. The van der Waals surface area contributed by atoms with Crippen molar-refractivity contribution in [2.24, 2.45) is 0 Å². The third-order valence-corrected chi connectivity index (χ3v) is 5.49. The van der Waals surface area contributed by atoms with E-state index in [-0.39, 0.29) is 24.2 Å². The lowest BCUT2D eigenvalue weighted by atomic mass is 10.1. The molecule has 0 saturated heterocycles. The van der Waals surface area contributed by atoms with E-state index in [1.54, 1.807) is 23.1 Å². The van der Waals surface area contributed by atoms with Crippen LogP contribution in [0.3, 0.4) is 0 Å². The number of furan rings is 1. The summed E-state index contributed by atoms with van der Waals surface area (Å²) in [5.41, 5.74) is 2.69. The number of unbranched alkanes of at least 4 members (excludes halogenated alkanes) is 1. The minimum atomic E-state index is -0.335. The maximum atomic E-state index is 12.8. The van der Waals surface area contributed by atoms with Gasteiger partial charge in [-0.15, -0.1) is 0 Å². The standard InChI is InChI=1S/C22H21BrN2O4/c1-3-4-9-25-17-11-15(6-8-19(17)28-12-20(25)26)24-22(27)21-13(2)16-10-14(23)5-7-18(16)29-21/h5-8,10-11H,3-4,9,12H2,1-2H3,(H,24,27). The molecule has 150 valence electrons. The summed E-state index contributed by atoms with van der Waals surface area (Å²) in [6.45, 7) is 4.60. The fraction of sp³-hybridized carbons (Fsp3) is 0.273. The van der Waals surface area contributed by atoms with Crippen molar-refractivity contribution in [3.8, 4) is 5.75 Å². The normalized spacial score (nSPS) is 13.3. The molecular weight excluding hydrogens is 436 g/mol. The van der Waals surface area contributed by atoms with Gasteiger partial charge in [0.05, 0.1) is 5.69 Å². The number of nitrogens with zero attached hydrogens (tertiary/aromatic N) is 1. The van der Waals surface area contributed by atoms with E-state index in [1.165, 1.54) is 0 Å². The van der Waals surface area contributed by atoms with E-state index in [0.29, 0.717) is 29.3 Å². The first-order valence-corrected chi connectivity index (χ1v) is 10.3. The van der Waals surface area contributed by atoms with Gasteiger partial charge in [-0.25, -0.2) is 0 Å². The molecule has 1 aromatic heterocycles. The maximum Gasteiger partial charge on any atom is 0.291 e. The summed E-state index contributed by atoms with van der Waals surface area (Å²) in [5.74, 6) is 0.500. The monoisotopic (exact) mass is 456 g/mol. The van der Waals surface area contributed by atoms with Crippen LogP contribution < -0.4 is 15.0 Å². The van der Waals surface area contributed by atoms with Crippen molar-refractivity contribution < 1.29 is 18.7 Å². The fourth-order valence-corrected chi connectivity index (χ4v) is 3.80. The first-order chi connectivity index (χ1) is 14.0. The highest BCUT2D eigenvalue weighted by Gasteiger charge is 2.26. The number of amides is 2. The van der Waals surface area contributed by atoms with Crippen LogP contribution in [0.5, 0.6) is 5.75 Å². The van der Waals surface area contributed by atoms with Gasteiger partial charge in [-0.2, -0.15) is 0 Å². The lowest BCUT2D eigenvalue weighted by Gasteiger charge is -2.29. The lowest BCUT2D eigenvalue weighted by Crippen LogP contribution is -2.39. The second kappa shape index (κ2) is 7.91. The Bertz CT molecular complexity index is 1110. The summed E-state index contributed by atoms with van der Waals surface area (Å²) in [7, 11) is 0. The molecule has 0 spiro atoms. The highest BCUT2D eigenvalue weighted by atomic mass is 79.9. The van der Waals surface area contributed by atoms with E-state index < -0.39 is 0 Å². The number of carbonyl (C=O) groups excluding carboxylic acids is 2. The first-order valence-electron chi connectivity index (χ1n) is 9.55. The quantitative estimate of drug-likeness (QED) is 0.566. The molecule has 1 aliphatic rings. The van der Waals surface area contributed by atoms with E-state index in [2.05, 4.69) is 28.2 Å². The van der Waals surface area contributed by atoms with Gasteiger partial charge >= 0.3 is 0 Å². The third kappa shape index (κ3) is 3.74. The topological polar surface area (TPSA) is 71.8 Å². The zero-order chi connectivity index (χ0) is 20.5. The Morgan fingerprint density at radius 1 is 1.24 bits per heavy atom. The molecule has 0 aliphatic carbocycles. The molecule has 4 rings (SSSR count). The second-order valence-electron chi connectivity index (χ2n) is 7.02. The molecule has 2 heterocycles. The molecule has 0 saturated carbocycles. The van der Waals surface area contributed by atoms with Crippen molar-refractivity contribution in [3.05, 3.63) is 52.2 Å². The highest BCUT2D eigenvalue weighted by molar-refractivity contribution is 9.10. The van der Waals surface area contributed by atoms with Crippen LogP contribution in [-0.2, 0) is 4.79 Å². The summed E-state index contributed by atoms with van der Waals surface area (Å²) in [6, 6.07) is 10.9. The predicted octanol–water partition coefficient (Wildman–Crippen LogP) is 5.28. The largest absolute Gasteiger partial charge is 0.482 e. The average Bonchev–Trinajstić information content (AvgIpc) is 3.03. The van der Waals surface area contributed by atoms with Gasteiger partial charge in [0.15, 0.2) is 12.4 Å². The number of aryl methyl sites for hydroxylation is 1. The van der Waals surface area contributed by atoms with Crippen molar-refractivity contribution >= 4 is 50.1 Å². The van der Waals surface area contributed by atoms with Gasteiger partial charge in [0, 0.05) is 27.7 Å². The van der Waals surface area contributed by atoms with Crippen LogP contribution in [-0.4, -0.2) is 25.0 Å². The summed E-state index contributed by atoms with van der Waals surface area (Å²) in [6.07, 6.45) is 1.88. The molecule has 2 aromatic carbocycles. The van der Waals surface area contributed by atoms with Crippen molar-refractivity contribution in [2.45, 2.75) is 26.7 Å². The van der Waals surface area contributed by atoms with Crippen LogP contribution in [0.4, 0.5) is 11.4 Å². The van der Waals surface area contributed by atoms with Crippen LogP contribution in [0.1, 0.15) is 35.9 Å². The maximum absolute atomic E-state index is 12.8. The van der Waals surface area contributed by atoms with Crippen LogP contribution in [0.25, 0.3) is 11.0 Å². The molecule has 0 unspecified atom stereocenters. The van der Waals surface area contributed by atoms with Gasteiger partial charge < -0.3 is 19.4 Å². The molecule has 0 fully saturated rings. The SMILES string of the molecule is CCCCN1C(=O)COc2ccc(NC(=O)c3oc4ccc(Br)cc4c3C)cc21. The van der Waals surface area contributed by atoms with Crippen LogP contribution in [0.2, 0.25) is 0 Å². The van der Waals surface area contributed by atoms with Crippen molar-refractivity contribution in [3.63, 3.8) is 0 Å². The molecule has 6 nitrogen and oxygen atoms in total. The lowest BCUT2D eigenvalue weighted by molar-refractivity contribution is -0.121. The molecule has 0 atom stereocenters. The number of carbonyl (C=O) groups is 2. The Balaban J connectivity index is 1.62. The molecule has 3 aromatic rings. The number of benzene rings is 2. The zero-order valence-electron chi connectivity index (χ0n) is 16.3. The Kier molecular flexibility index (Phi) is 5.32. The average molecular weight is 457 g/mol. The molecule has 1 aliphatic heterocycles. The van der Waals surface area contributed by atoms with E-state index in [4.69, 9.17) is 9.15 Å². The molecule has 29 heavy (non-hydrogen) atoms. The van der Waals surface area contributed by atoms with Crippen molar-refractivity contribution in [1.29, 1.82) is 0 Å². The molecule has 1 N–H and O–H groups in total. The van der Waals surface area contributed by atoms with Gasteiger partial charge in [0.25, 0.3) is 11.8 Å². The highest BCUT2D eigenvalue weighted by Crippen LogP contribution is 2.35. The van der Waals surface area contributed by atoms with Crippen LogP contribution in [0.15, 0.2) is 45.3 Å². The summed E-state index contributed by atoms with van der Waals surface area (Å²) in [4.78, 5) is 26.9. The Morgan fingerprint density at radius 2 is 2.07 bits per heavy atom. The number of anilines is 2. The Hall–Kier alpha value is -2.80. The number of rotatable bonds is 5. The minimum Gasteiger partial charge on any atom is -0.482 e. The number of fused-ring (bicyclic) bond motifs is 2. The number of halogens is 1. The summed E-state index contributed by atoms with van der Waals surface area (Å²) >= 11 is 3.44. The van der Waals surface area contributed by atoms with Crippen LogP contribution >= 0.6 is 15.9 Å². The van der Waals surface area contributed by atoms with E-state index in [9.17, 15) is 9.59 Å². The smallest absolute Gasteiger partial charge is 0.291 e. The van der Waals surface area contributed by atoms with E-state index in [0.717, 1.165) is 28.3 Å². The zero-order valence-corrected chi connectivity index (χ0v) is 17.8. The van der Waals surface area contributed by atoms with Gasteiger partial charge in [0.1, 0.15) is 11.3 Å². The van der Waals surface area contributed by atoms with E-state index >= 15 is 0 Å². The third-order valence-electron chi connectivity index (χ3n) is 5.00. The van der Waals surface area contributed by atoms with Crippen LogP contribution in [0, 0.1) is 6.92 Å². The van der Waals surface area contributed by atoms with Crippen molar-refractivity contribution in [2.75, 3.05) is 23.4 Å². The summed E-state index contributed by atoms with van der Waals surface area (Å²) in [5, 5.41) is 3.77. The fourth-order valence-electron chi connectivity index (χ4n) is 3.44. The van der Waals surface area contributed by atoms with Crippen molar-refractivity contribution in [1.82, 2.24) is 0 Å². The van der Waals surface area contributed by atoms with Gasteiger partial charge in [-0.1, -0.05) is 29.3 Å². The van der Waals surface area contributed by atoms with Gasteiger partial charge in [0.2, 0.25) is 0 Å². The van der Waals surface area contributed by atoms with Gasteiger partial charge in [-0.3, -0.25) is 9.59 Å². The Morgan fingerprint density at radius 3 is 2.86 bits per heavy atom. The second-order valence-corrected chi connectivity index (χ2v) is 7.94. The first kappa shape index (κ1) is 19.5. The number of nitrogens with one attached hydrogen (secondary N) is 1. The molecule has 7 heteroatoms. The number of ether oxygens (including phenoxy) is 1. The summed E-state index contributed by atoms with van der Waals surface area (Å²) < 4.78 is 12.2. The molecule has 0 bridgehead atoms.